The molecule has 0 bridgehead atoms. The van der Waals surface area contributed by atoms with E-state index in [9.17, 15) is 24.6 Å². The smallest absolute Gasteiger partial charge is 0.407 e. The number of carbonyl (C=O) groups excluding carboxylic acids is 1. The molecule has 4 aliphatic rings. The van der Waals surface area contributed by atoms with Crippen LogP contribution in [-0.4, -0.2) is 86.7 Å². The molecule has 2 aromatic carbocycles. The number of phenolic OH excluding ortho intramolecular Hbond substituents is 1. The summed E-state index contributed by atoms with van der Waals surface area (Å²) in [5.74, 6) is 7.22. The molecule has 5 N–H and O–H groups in total. The highest BCUT2D eigenvalue weighted by Crippen LogP contribution is 2.52. The fraction of sp³-hybridized carbons (Fsp3) is 0.400. The second-order valence-corrected chi connectivity index (χ2v) is 13.5. The number of rotatable bonds is 17. The van der Waals surface area contributed by atoms with Crippen LogP contribution in [-0.2, 0) is 18.9 Å². The zero-order valence-corrected chi connectivity index (χ0v) is 30.5. The van der Waals surface area contributed by atoms with Crippen LogP contribution >= 0.6 is 12.2 Å². The Balaban J connectivity index is 0.846. The van der Waals surface area contributed by atoms with Gasteiger partial charge in [-0.15, -0.1) is 11.8 Å². The molecule has 3 atom stereocenters. The first kappa shape index (κ1) is 38.5. The van der Waals surface area contributed by atoms with E-state index in [-0.39, 0.29) is 27.6 Å². The fourth-order valence-corrected chi connectivity index (χ4v) is 7.07. The van der Waals surface area contributed by atoms with Gasteiger partial charge < -0.3 is 49.5 Å². The molecule has 0 spiro atoms. The van der Waals surface area contributed by atoms with Crippen LogP contribution in [0.25, 0.3) is 33.4 Å². The van der Waals surface area contributed by atoms with Crippen LogP contribution in [0.3, 0.4) is 0 Å². The molecular weight excluding hydrogens is 715 g/mol. The van der Waals surface area contributed by atoms with Crippen LogP contribution in [0.15, 0.2) is 63.8 Å². The first-order valence-corrected chi connectivity index (χ1v) is 18.4. The minimum Gasteiger partial charge on any atom is -0.508 e. The number of benzene rings is 3. The molecule has 1 saturated carbocycles. The number of hydrogen-bond donors (Lipinski definition) is 5. The van der Waals surface area contributed by atoms with Gasteiger partial charge >= 0.3 is 12.1 Å². The second kappa shape index (κ2) is 18.7. The number of aromatic carboxylic acids is 1. The number of ether oxygens (including phenoxy) is 4. The summed E-state index contributed by atoms with van der Waals surface area (Å²) < 4.78 is 27.9. The van der Waals surface area contributed by atoms with E-state index in [4.69, 9.17) is 35.6 Å². The van der Waals surface area contributed by atoms with Gasteiger partial charge in [-0.2, -0.15) is 0 Å². The van der Waals surface area contributed by atoms with Crippen molar-refractivity contribution in [1.29, 1.82) is 0 Å². The van der Waals surface area contributed by atoms with Gasteiger partial charge in [-0.25, -0.2) is 9.59 Å². The van der Waals surface area contributed by atoms with Crippen molar-refractivity contribution in [2.24, 2.45) is 17.8 Å². The monoisotopic (exact) mass is 757 g/mol. The number of carboxylic acids is 1. The maximum absolute atomic E-state index is 12.5. The SMILES string of the molecule is O=C(NCCOCCOCCOCCNC(=S)Nc1ccc(-c2c3ccc(=O)cc-3oc3cc(O)ccc23)c(C(=O)O)c1)OC[C@@H]1[C@@H]2CCC#CCC[C@@H]21. The lowest BCUT2D eigenvalue weighted by molar-refractivity contribution is 0.0160. The molecule has 1 fully saturated rings. The Labute approximate surface area is 317 Å². The highest BCUT2D eigenvalue weighted by atomic mass is 32.1. The van der Waals surface area contributed by atoms with E-state index in [1.165, 1.54) is 30.3 Å². The summed E-state index contributed by atoms with van der Waals surface area (Å²) in [6.45, 7) is 3.49. The largest absolute Gasteiger partial charge is 0.508 e. The normalized spacial score (nSPS) is 17.4. The Morgan fingerprint density at radius 1 is 0.833 bits per heavy atom. The van der Waals surface area contributed by atoms with Gasteiger partial charge in [-0.1, -0.05) is 6.07 Å². The molecule has 2 aromatic rings. The van der Waals surface area contributed by atoms with E-state index in [1.807, 2.05) is 0 Å². The summed E-state index contributed by atoms with van der Waals surface area (Å²) in [4.78, 5) is 36.5. The molecule has 6 rings (SSSR count). The van der Waals surface area contributed by atoms with Crippen LogP contribution in [0.1, 0.15) is 36.0 Å². The Morgan fingerprint density at radius 2 is 1.50 bits per heavy atom. The minimum absolute atomic E-state index is 0.00402. The predicted molar refractivity (Wildman–Crippen MR) is 206 cm³/mol. The molecule has 0 aromatic heterocycles. The zero-order chi connectivity index (χ0) is 37.9. The Morgan fingerprint density at radius 3 is 2.20 bits per heavy atom. The van der Waals surface area contributed by atoms with Crippen molar-refractivity contribution in [3.8, 4) is 40.0 Å². The predicted octanol–water partition coefficient (Wildman–Crippen LogP) is 5.47. The maximum atomic E-state index is 12.5. The van der Waals surface area contributed by atoms with Crippen molar-refractivity contribution in [3.63, 3.8) is 0 Å². The third kappa shape index (κ3) is 10.3. The van der Waals surface area contributed by atoms with Crippen LogP contribution in [0.4, 0.5) is 10.5 Å². The number of carbonyl (C=O) groups is 2. The van der Waals surface area contributed by atoms with Crippen molar-refractivity contribution in [2.75, 3.05) is 64.7 Å². The van der Waals surface area contributed by atoms with E-state index in [2.05, 4.69) is 27.8 Å². The number of alkyl carbamates (subject to hydrolysis) is 1. The second-order valence-electron chi connectivity index (χ2n) is 13.0. The van der Waals surface area contributed by atoms with E-state index in [1.54, 1.807) is 24.3 Å². The number of carboxylic acid groups (broad SMARTS) is 1. The first-order chi connectivity index (χ1) is 26.3. The average molecular weight is 758 g/mol. The topological polar surface area (TPSA) is 178 Å². The van der Waals surface area contributed by atoms with Gasteiger partial charge in [0.1, 0.15) is 17.1 Å². The molecule has 54 heavy (non-hydrogen) atoms. The minimum atomic E-state index is -1.16. The average Bonchev–Trinajstić information content (AvgIpc) is 3.79. The van der Waals surface area contributed by atoms with Gasteiger partial charge in [-0.3, -0.25) is 4.79 Å². The summed E-state index contributed by atoms with van der Waals surface area (Å²) >= 11 is 5.41. The number of phenols is 1. The van der Waals surface area contributed by atoms with Gasteiger partial charge in [0.25, 0.3) is 0 Å². The number of thiocarbonyl (C=S) groups is 1. The molecule has 3 aliphatic carbocycles. The molecule has 1 amide bonds. The Kier molecular flexibility index (Phi) is 13.3. The summed E-state index contributed by atoms with van der Waals surface area (Å²) in [5, 5.41) is 29.9. The molecule has 14 heteroatoms. The lowest BCUT2D eigenvalue weighted by Crippen LogP contribution is -2.31. The van der Waals surface area contributed by atoms with E-state index in [0.29, 0.717) is 110 Å². The number of anilines is 1. The van der Waals surface area contributed by atoms with Gasteiger partial charge in [0.2, 0.25) is 0 Å². The lowest BCUT2D eigenvalue weighted by Gasteiger charge is -2.18. The van der Waals surface area contributed by atoms with Crippen molar-refractivity contribution in [2.45, 2.75) is 25.7 Å². The van der Waals surface area contributed by atoms with Crippen molar-refractivity contribution in [3.05, 3.63) is 70.4 Å². The summed E-state index contributed by atoms with van der Waals surface area (Å²) in [6, 6.07) is 13.7. The van der Waals surface area contributed by atoms with Gasteiger partial charge in [0.05, 0.1) is 51.8 Å². The van der Waals surface area contributed by atoms with E-state index < -0.39 is 12.1 Å². The molecule has 1 aliphatic heterocycles. The third-order valence-corrected chi connectivity index (χ3v) is 9.74. The molecule has 13 nitrogen and oxygen atoms in total. The van der Waals surface area contributed by atoms with Crippen molar-refractivity contribution >= 4 is 46.0 Å². The standard InChI is InChI=1S/C40H43N3O10S/c44-26-8-11-31-35(22-26)53-36-23-27(45)9-12-32(36)37(31)30-10-7-25(21-33(30)38(46)47)43-39(54)41-13-15-49-17-19-51-20-18-50-16-14-42-40(48)52-24-34-28-5-3-1-2-4-6-29(28)34/h7-12,21-23,28-29,34,44H,3-6,13-20,24H2,(H,42,48)(H,46,47)(H2,41,43,54)/t28-,29+,34-. The molecule has 0 unspecified atom stereocenters. The van der Waals surface area contributed by atoms with Crippen molar-refractivity contribution < 1.29 is 43.2 Å². The number of amides is 1. The summed E-state index contributed by atoms with van der Waals surface area (Å²) in [6.07, 6.45) is 3.67. The number of aromatic hydroxyl groups is 1. The first-order valence-electron chi connectivity index (χ1n) is 18.0. The number of nitrogens with one attached hydrogen (secondary N) is 3. The Hall–Kier alpha value is -5.20. The third-order valence-electron chi connectivity index (χ3n) is 9.49. The van der Waals surface area contributed by atoms with Gasteiger partial charge in [0, 0.05) is 60.3 Å². The maximum Gasteiger partial charge on any atom is 0.407 e. The van der Waals surface area contributed by atoms with Gasteiger partial charge in [-0.05, 0) is 84.8 Å². The summed E-state index contributed by atoms with van der Waals surface area (Å²) in [7, 11) is 0. The molecule has 0 radical (unpaired) electrons. The lowest BCUT2D eigenvalue weighted by atomic mass is 9.90. The summed E-state index contributed by atoms with van der Waals surface area (Å²) in [5.41, 5.74) is 2.02. The van der Waals surface area contributed by atoms with Crippen LogP contribution in [0.5, 0.6) is 5.75 Å². The molecule has 284 valence electrons. The van der Waals surface area contributed by atoms with Crippen LogP contribution in [0, 0.1) is 29.6 Å². The molecule has 1 heterocycles. The van der Waals surface area contributed by atoms with Crippen LogP contribution < -0.4 is 21.4 Å². The fourth-order valence-electron chi connectivity index (χ4n) is 6.85. The Bertz CT molecular complexity index is 2040. The highest BCUT2D eigenvalue weighted by Gasteiger charge is 2.49. The van der Waals surface area contributed by atoms with E-state index >= 15 is 0 Å². The zero-order valence-electron chi connectivity index (χ0n) is 29.7. The van der Waals surface area contributed by atoms with Crippen molar-refractivity contribution in [1.82, 2.24) is 10.6 Å². The van der Waals surface area contributed by atoms with Crippen LogP contribution in [0.2, 0.25) is 0 Å². The molecular formula is C40H43N3O10S. The quantitative estimate of drug-likeness (QED) is 0.0397. The number of fused-ring (bicyclic) bond motifs is 3. The van der Waals surface area contributed by atoms with E-state index in [0.717, 1.165) is 25.7 Å². The highest BCUT2D eigenvalue weighted by molar-refractivity contribution is 7.80. The number of hydrogen-bond acceptors (Lipinski definition) is 10. The van der Waals surface area contributed by atoms with Gasteiger partial charge in [0.15, 0.2) is 10.5 Å². The molecule has 0 saturated heterocycles.